The molecule has 1 saturated heterocycles. The van der Waals surface area contributed by atoms with Gasteiger partial charge >= 0.3 is 0 Å². The monoisotopic (exact) mass is 297 g/mol. The maximum absolute atomic E-state index is 5.41. The molecule has 1 aliphatic rings. The highest BCUT2D eigenvalue weighted by atomic mass is 32.1. The van der Waals surface area contributed by atoms with Gasteiger partial charge in [-0.15, -0.1) is 11.3 Å². The molecule has 2 aromatic heterocycles. The minimum absolute atomic E-state index is 0.807. The molecule has 0 spiro atoms. The van der Waals surface area contributed by atoms with Crippen molar-refractivity contribution in [2.24, 2.45) is 0 Å². The van der Waals surface area contributed by atoms with Crippen LogP contribution >= 0.6 is 11.3 Å². The van der Waals surface area contributed by atoms with E-state index in [-0.39, 0.29) is 0 Å². The van der Waals surface area contributed by atoms with Gasteiger partial charge in [0.25, 0.3) is 0 Å². The number of morpholine rings is 1. The molecule has 0 atom stereocenters. The summed E-state index contributed by atoms with van der Waals surface area (Å²) >= 11 is 1.72. The van der Waals surface area contributed by atoms with E-state index >= 15 is 0 Å². The van der Waals surface area contributed by atoms with Crippen LogP contribution in [0.15, 0.2) is 42.7 Å². The predicted molar refractivity (Wildman–Crippen MR) is 85.9 cm³/mol. The predicted octanol–water partition coefficient (Wildman–Crippen LogP) is 3.19. The van der Waals surface area contributed by atoms with Gasteiger partial charge in [-0.25, -0.2) is 4.98 Å². The lowest BCUT2D eigenvalue weighted by Gasteiger charge is -2.28. The van der Waals surface area contributed by atoms with Gasteiger partial charge in [0, 0.05) is 36.7 Å². The van der Waals surface area contributed by atoms with E-state index in [9.17, 15) is 0 Å². The summed E-state index contributed by atoms with van der Waals surface area (Å²) in [5.41, 5.74) is 3.38. The van der Waals surface area contributed by atoms with Gasteiger partial charge in [-0.05, 0) is 30.3 Å². The number of aromatic nitrogens is 2. The molecule has 106 valence electrons. The second-order valence-electron chi connectivity index (χ2n) is 5.01. The Hall–Kier alpha value is -1.98. The normalized spacial score (nSPS) is 15.5. The lowest BCUT2D eigenvalue weighted by Crippen LogP contribution is -2.36. The van der Waals surface area contributed by atoms with Gasteiger partial charge in [-0.1, -0.05) is 0 Å². The van der Waals surface area contributed by atoms with Crippen LogP contribution < -0.4 is 4.90 Å². The van der Waals surface area contributed by atoms with E-state index in [0.717, 1.165) is 42.4 Å². The summed E-state index contributed by atoms with van der Waals surface area (Å²) in [7, 11) is 0. The molecule has 0 radical (unpaired) electrons. The number of pyridine rings is 1. The highest BCUT2D eigenvalue weighted by Crippen LogP contribution is 2.32. The van der Waals surface area contributed by atoms with Gasteiger partial charge in [-0.2, -0.15) is 0 Å². The summed E-state index contributed by atoms with van der Waals surface area (Å²) in [5, 5.41) is 1.03. The molecule has 3 aromatic rings. The number of nitrogens with zero attached hydrogens (tertiary/aromatic N) is 3. The third kappa shape index (κ3) is 2.50. The van der Waals surface area contributed by atoms with Crippen molar-refractivity contribution in [3.05, 3.63) is 42.7 Å². The van der Waals surface area contributed by atoms with E-state index in [1.165, 1.54) is 10.4 Å². The fourth-order valence-electron chi connectivity index (χ4n) is 2.54. The number of hydrogen-bond acceptors (Lipinski definition) is 5. The SMILES string of the molecule is c1cncc(-c2nc3ccc(N4CCOCC4)cc3s2)c1. The Labute approximate surface area is 127 Å². The first-order chi connectivity index (χ1) is 10.4. The molecule has 1 fully saturated rings. The van der Waals surface area contributed by atoms with Gasteiger partial charge in [-0.3, -0.25) is 4.98 Å². The molecule has 0 saturated carbocycles. The van der Waals surface area contributed by atoms with E-state index in [1.54, 1.807) is 17.5 Å². The summed E-state index contributed by atoms with van der Waals surface area (Å²) < 4.78 is 6.63. The Morgan fingerprint density at radius 1 is 1.14 bits per heavy atom. The van der Waals surface area contributed by atoms with Crippen molar-refractivity contribution in [2.75, 3.05) is 31.2 Å². The topological polar surface area (TPSA) is 38.2 Å². The lowest BCUT2D eigenvalue weighted by atomic mass is 10.2. The Morgan fingerprint density at radius 3 is 2.86 bits per heavy atom. The van der Waals surface area contributed by atoms with Crippen LogP contribution in [0.25, 0.3) is 20.8 Å². The molecular formula is C16H15N3OS. The average molecular weight is 297 g/mol. The fraction of sp³-hybridized carbons (Fsp3) is 0.250. The molecule has 1 aromatic carbocycles. The molecule has 0 unspecified atom stereocenters. The Morgan fingerprint density at radius 2 is 2.05 bits per heavy atom. The third-order valence-electron chi connectivity index (χ3n) is 3.66. The number of hydrogen-bond donors (Lipinski definition) is 0. The van der Waals surface area contributed by atoms with Gasteiger partial charge in [0.1, 0.15) is 5.01 Å². The summed E-state index contributed by atoms with van der Waals surface area (Å²) in [6.45, 7) is 3.53. The van der Waals surface area contributed by atoms with Crippen LogP contribution in [0.4, 0.5) is 5.69 Å². The van der Waals surface area contributed by atoms with Crippen molar-refractivity contribution in [3.8, 4) is 10.6 Å². The number of ether oxygens (including phenoxy) is 1. The summed E-state index contributed by atoms with van der Waals surface area (Å²) in [5.74, 6) is 0. The maximum atomic E-state index is 5.41. The molecule has 4 nitrogen and oxygen atoms in total. The second kappa shape index (κ2) is 5.42. The zero-order chi connectivity index (χ0) is 14.1. The molecule has 0 amide bonds. The van der Waals surface area contributed by atoms with Crippen LogP contribution in [-0.4, -0.2) is 36.3 Å². The van der Waals surface area contributed by atoms with Crippen molar-refractivity contribution in [1.82, 2.24) is 9.97 Å². The second-order valence-corrected chi connectivity index (χ2v) is 6.04. The average Bonchev–Trinajstić information content (AvgIpc) is 2.99. The summed E-state index contributed by atoms with van der Waals surface area (Å²) in [6.07, 6.45) is 3.65. The summed E-state index contributed by atoms with van der Waals surface area (Å²) in [6, 6.07) is 10.5. The van der Waals surface area contributed by atoms with Crippen LogP contribution in [-0.2, 0) is 4.74 Å². The molecule has 0 aliphatic carbocycles. The smallest absolute Gasteiger partial charge is 0.126 e. The van der Waals surface area contributed by atoms with Crippen LogP contribution in [0.1, 0.15) is 0 Å². The number of fused-ring (bicyclic) bond motifs is 1. The van der Waals surface area contributed by atoms with Crippen molar-refractivity contribution in [1.29, 1.82) is 0 Å². The van der Waals surface area contributed by atoms with E-state index < -0.39 is 0 Å². The Bertz CT molecular complexity index is 751. The van der Waals surface area contributed by atoms with Crippen LogP contribution in [0, 0.1) is 0 Å². The minimum atomic E-state index is 0.807. The first kappa shape index (κ1) is 12.7. The minimum Gasteiger partial charge on any atom is -0.378 e. The molecule has 5 heteroatoms. The number of thiazole rings is 1. The highest BCUT2D eigenvalue weighted by molar-refractivity contribution is 7.21. The van der Waals surface area contributed by atoms with E-state index in [1.807, 2.05) is 18.3 Å². The number of anilines is 1. The van der Waals surface area contributed by atoms with Gasteiger partial charge in [0.2, 0.25) is 0 Å². The first-order valence-electron chi connectivity index (χ1n) is 7.04. The fourth-order valence-corrected chi connectivity index (χ4v) is 3.53. The van der Waals surface area contributed by atoms with Crippen LogP contribution in [0.2, 0.25) is 0 Å². The number of rotatable bonds is 2. The van der Waals surface area contributed by atoms with Crippen molar-refractivity contribution >= 4 is 27.2 Å². The maximum Gasteiger partial charge on any atom is 0.126 e. The molecule has 4 rings (SSSR count). The standard InChI is InChI=1S/C16H15N3OS/c1-2-12(11-17-5-1)16-18-14-4-3-13(10-15(14)21-16)19-6-8-20-9-7-19/h1-5,10-11H,6-9H2. The van der Waals surface area contributed by atoms with Gasteiger partial charge < -0.3 is 9.64 Å². The molecule has 0 bridgehead atoms. The quantitative estimate of drug-likeness (QED) is 0.728. The molecule has 3 heterocycles. The van der Waals surface area contributed by atoms with Gasteiger partial charge in [0.15, 0.2) is 0 Å². The van der Waals surface area contributed by atoms with E-state index in [0.29, 0.717) is 0 Å². The molecule has 0 N–H and O–H groups in total. The first-order valence-corrected chi connectivity index (χ1v) is 7.85. The Kier molecular flexibility index (Phi) is 3.29. The molecular weight excluding hydrogens is 282 g/mol. The highest BCUT2D eigenvalue weighted by Gasteiger charge is 2.13. The lowest BCUT2D eigenvalue weighted by molar-refractivity contribution is 0.122. The van der Waals surface area contributed by atoms with E-state index in [2.05, 4.69) is 28.1 Å². The largest absolute Gasteiger partial charge is 0.378 e. The van der Waals surface area contributed by atoms with Gasteiger partial charge in [0.05, 0.1) is 23.4 Å². The van der Waals surface area contributed by atoms with Crippen molar-refractivity contribution < 1.29 is 4.74 Å². The number of benzene rings is 1. The van der Waals surface area contributed by atoms with Crippen LogP contribution in [0.5, 0.6) is 0 Å². The zero-order valence-electron chi connectivity index (χ0n) is 11.5. The van der Waals surface area contributed by atoms with Crippen LogP contribution in [0.3, 0.4) is 0 Å². The third-order valence-corrected chi connectivity index (χ3v) is 4.72. The molecule has 21 heavy (non-hydrogen) atoms. The Balaban J connectivity index is 1.71. The summed E-state index contributed by atoms with van der Waals surface area (Å²) in [4.78, 5) is 11.2. The zero-order valence-corrected chi connectivity index (χ0v) is 12.3. The van der Waals surface area contributed by atoms with Crippen molar-refractivity contribution in [3.63, 3.8) is 0 Å². The molecule has 1 aliphatic heterocycles. The van der Waals surface area contributed by atoms with Crippen molar-refractivity contribution in [2.45, 2.75) is 0 Å². The van der Waals surface area contributed by atoms with E-state index in [4.69, 9.17) is 9.72 Å².